The molecule has 0 saturated carbocycles. The van der Waals surface area contributed by atoms with Gasteiger partial charge in [-0.3, -0.25) is 0 Å². The van der Waals surface area contributed by atoms with E-state index < -0.39 is 74.1 Å². The van der Waals surface area contributed by atoms with Gasteiger partial charge in [0.15, 0.2) is 12.1 Å². The Morgan fingerprint density at radius 2 is 1.60 bits per heavy atom. The third-order valence-electron chi connectivity index (χ3n) is 4.52. The van der Waals surface area contributed by atoms with Gasteiger partial charge in [-0.05, 0) is 0 Å². The van der Waals surface area contributed by atoms with Crippen molar-refractivity contribution in [2.75, 3.05) is 13.2 Å². The van der Waals surface area contributed by atoms with E-state index in [0.29, 0.717) is 0 Å². The van der Waals surface area contributed by atoms with E-state index >= 15 is 0 Å². The van der Waals surface area contributed by atoms with Crippen molar-refractivity contribution < 1.29 is 56.4 Å². The summed E-state index contributed by atoms with van der Waals surface area (Å²) in [5, 5.41) is 78.7. The van der Waals surface area contributed by atoms with Crippen LogP contribution in [-0.2, 0) is 14.2 Å². The molecule has 0 radical (unpaired) electrons. The molecule has 10 atom stereocenters. The standard InChI is InChI=1S/C14H26O11/c1-2-14(22)12(21)10(20)11(6(4-16)25-14)24-13-9(19)8(18)7(17)5(3-15)23-13/h5-13,15-22H,2-4H2,1H3/t5-,6-,7+,8+,9-,10+,11-,12-,13+,14?/m1/s1/i1D. The number of ether oxygens (including phenoxy) is 3. The molecule has 2 fully saturated rings. The number of hydrogen-bond donors (Lipinski definition) is 8. The van der Waals surface area contributed by atoms with Gasteiger partial charge in [0.05, 0.1) is 13.2 Å². The summed E-state index contributed by atoms with van der Waals surface area (Å²) in [6.45, 7) is -1.76. The molecule has 2 aliphatic heterocycles. The van der Waals surface area contributed by atoms with Crippen molar-refractivity contribution in [2.45, 2.75) is 74.2 Å². The maximum absolute atomic E-state index is 10.3. The summed E-state index contributed by atoms with van der Waals surface area (Å²) in [4.78, 5) is 0. The fourth-order valence-corrected chi connectivity index (χ4v) is 2.92. The van der Waals surface area contributed by atoms with Crippen molar-refractivity contribution in [1.29, 1.82) is 0 Å². The number of aliphatic hydroxyl groups is 8. The number of hydrogen-bond acceptors (Lipinski definition) is 11. The zero-order chi connectivity index (χ0) is 19.6. The molecule has 148 valence electrons. The molecule has 2 aliphatic rings. The molecule has 0 aromatic carbocycles. The molecule has 0 bridgehead atoms. The van der Waals surface area contributed by atoms with Gasteiger partial charge in [0.25, 0.3) is 0 Å². The highest BCUT2D eigenvalue weighted by Gasteiger charge is 2.54. The van der Waals surface area contributed by atoms with Crippen LogP contribution in [0.15, 0.2) is 0 Å². The van der Waals surface area contributed by atoms with Crippen LogP contribution < -0.4 is 0 Å². The van der Waals surface area contributed by atoms with Crippen LogP contribution in [0.25, 0.3) is 0 Å². The first-order valence-electron chi connectivity index (χ1n) is 8.53. The Kier molecular flexibility index (Phi) is 6.23. The lowest BCUT2D eigenvalue weighted by Crippen LogP contribution is -2.67. The molecule has 0 amide bonds. The molecule has 0 aliphatic carbocycles. The molecule has 1 unspecified atom stereocenters. The van der Waals surface area contributed by atoms with Gasteiger partial charge < -0.3 is 55.1 Å². The highest BCUT2D eigenvalue weighted by molar-refractivity contribution is 4.97. The van der Waals surface area contributed by atoms with Gasteiger partial charge >= 0.3 is 0 Å². The summed E-state index contributed by atoms with van der Waals surface area (Å²) in [7, 11) is 0. The summed E-state index contributed by atoms with van der Waals surface area (Å²) in [6.07, 6.45) is -14.8. The first-order chi connectivity index (χ1) is 12.2. The Morgan fingerprint density at radius 3 is 2.16 bits per heavy atom. The second-order valence-electron chi connectivity index (χ2n) is 6.17. The van der Waals surface area contributed by atoms with Gasteiger partial charge in [0.1, 0.15) is 48.8 Å². The van der Waals surface area contributed by atoms with E-state index in [2.05, 4.69) is 0 Å². The summed E-state index contributed by atoms with van der Waals surface area (Å²) in [5.41, 5.74) is 0. The topological polar surface area (TPSA) is 190 Å². The average molecular weight is 371 g/mol. The zero-order valence-electron chi connectivity index (χ0n) is 14.3. The van der Waals surface area contributed by atoms with E-state index in [1.54, 1.807) is 0 Å². The van der Waals surface area contributed by atoms with E-state index in [1.807, 2.05) is 0 Å². The minimum absolute atomic E-state index is 0.323. The minimum Gasteiger partial charge on any atom is -0.394 e. The predicted molar refractivity (Wildman–Crippen MR) is 77.9 cm³/mol. The maximum Gasteiger partial charge on any atom is 0.194 e. The highest BCUT2D eigenvalue weighted by atomic mass is 16.7. The number of rotatable bonds is 5. The first kappa shape index (κ1) is 19.3. The molecule has 11 nitrogen and oxygen atoms in total. The fraction of sp³-hybridized carbons (Fsp3) is 1.00. The third kappa shape index (κ3) is 3.82. The van der Waals surface area contributed by atoms with E-state index in [-0.39, 0.29) is 13.3 Å². The molecule has 11 heteroatoms. The molecule has 0 aromatic rings. The van der Waals surface area contributed by atoms with Crippen LogP contribution in [0.5, 0.6) is 0 Å². The van der Waals surface area contributed by atoms with Crippen LogP contribution in [-0.4, -0.2) is 115 Å². The smallest absolute Gasteiger partial charge is 0.194 e. The fourth-order valence-electron chi connectivity index (χ4n) is 2.92. The molecule has 2 saturated heterocycles. The van der Waals surface area contributed by atoms with Crippen LogP contribution in [0, 0.1) is 0 Å². The van der Waals surface area contributed by atoms with Gasteiger partial charge in [-0.25, -0.2) is 0 Å². The van der Waals surface area contributed by atoms with Crippen LogP contribution in [0.3, 0.4) is 0 Å². The predicted octanol–water partition coefficient (Wildman–Crippen LogP) is -4.62. The van der Waals surface area contributed by atoms with Crippen molar-refractivity contribution in [3.05, 3.63) is 0 Å². The second-order valence-corrected chi connectivity index (χ2v) is 6.17. The van der Waals surface area contributed by atoms with E-state index in [4.69, 9.17) is 15.6 Å². The van der Waals surface area contributed by atoms with Gasteiger partial charge in [-0.2, -0.15) is 0 Å². The van der Waals surface area contributed by atoms with Crippen molar-refractivity contribution in [3.63, 3.8) is 0 Å². The van der Waals surface area contributed by atoms with Gasteiger partial charge in [0.2, 0.25) is 0 Å². The molecule has 25 heavy (non-hydrogen) atoms. The Morgan fingerprint density at radius 1 is 0.960 bits per heavy atom. The molecule has 8 N–H and O–H groups in total. The Balaban J connectivity index is 2.16. The van der Waals surface area contributed by atoms with Crippen LogP contribution in [0.2, 0.25) is 0 Å². The first-order valence-corrected chi connectivity index (χ1v) is 7.82. The lowest BCUT2D eigenvalue weighted by molar-refractivity contribution is -0.383. The highest BCUT2D eigenvalue weighted by Crippen LogP contribution is 2.34. The largest absolute Gasteiger partial charge is 0.394 e. The minimum atomic E-state index is -2.27. The van der Waals surface area contributed by atoms with Crippen molar-refractivity contribution in [2.24, 2.45) is 0 Å². The van der Waals surface area contributed by atoms with Gasteiger partial charge in [-0.1, -0.05) is 6.90 Å². The lowest BCUT2D eigenvalue weighted by atomic mass is 9.90. The summed E-state index contributed by atoms with van der Waals surface area (Å²) >= 11 is 0. The Hall–Kier alpha value is -0.440. The molecule has 2 heterocycles. The summed E-state index contributed by atoms with van der Waals surface area (Å²) in [6, 6.07) is 0. The SMILES string of the molecule is [2H]CCC1(O)O[C@H](CO)[C@@H](O[C@@H]2O[C@H](CO)[C@H](O)[C@H](O)[C@H]2O)[C@H](O)[C@H]1O. The van der Waals surface area contributed by atoms with Crippen molar-refractivity contribution in [1.82, 2.24) is 0 Å². The quantitative estimate of drug-likeness (QED) is 0.232. The van der Waals surface area contributed by atoms with Crippen LogP contribution >= 0.6 is 0 Å². The second kappa shape index (κ2) is 8.06. The van der Waals surface area contributed by atoms with E-state index in [9.17, 15) is 40.9 Å². The van der Waals surface area contributed by atoms with Crippen LogP contribution in [0.1, 0.15) is 14.7 Å². The summed E-state index contributed by atoms with van der Waals surface area (Å²) < 4.78 is 22.8. The molecular weight excluding hydrogens is 344 g/mol. The maximum atomic E-state index is 10.3. The third-order valence-corrected chi connectivity index (χ3v) is 4.52. The number of aliphatic hydroxyl groups excluding tert-OH is 7. The Bertz CT molecular complexity index is 453. The Labute approximate surface area is 145 Å². The van der Waals surface area contributed by atoms with E-state index in [0.717, 1.165) is 0 Å². The summed E-state index contributed by atoms with van der Waals surface area (Å²) in [5.74, 6) is -2.27. The normalized spacial score (nSPS) is 52.0. The monoisotopic (exact) mass is 371 g/mol. The van der Waals surface area contributed by atoms with Crippen molar-refractivity contribution >= 4 is 0 Å². The van der Waals surface area contributed by atoms with Crippen LogP contribution in [0.4, 0.5) is 0 Å². The van der Waals surface area contributed by atoms with Gasteiger partial charge in [-0.15, -0.1) is 0 Å². The average Bonchev–Trinajstić information content (AvgIpc) is 2.62. The van der Waals surface area contributed by atoms with E-state index in [1.165, 1.54) is 0 Å². The molecular formula is C14H26O11. The molecule has 0 spiro atoms. The van der Waals surface area contributed by atoms with Crippen molar-refractivity contribution in [3.8, 4) is 0 Å². The zero-order valence-corrected chi connectivity index (χ0v) is 13.3. The lowest BCUT2D eigenvalue weighted by Gasteiger charge is -2.48. The molecule has 2 rings (SSSR count). The molecule has 0 aromatic heterocycles. The van der Waals surface area contributed by atoms with Gasteiger partial charge in [0, 0.05) is 7.79 Å².